The highest BCUT2D eigenvalue weighted by molar-refractivity contribution is 5.65. The molecule has 0 spiro atoms. The maximum absolute atomic E-state index is 9.08. The molecule has 1 heterocycles. The van der Waals surface area contributed by atoms with Crippen molar-refractivity contribution in [3.63, 3.8) is 0 Å². The third-order valence-electron chi connectivity index (χ3n) is 2.89. The van der Waals surface area contributed by atoms with Crippen molar-refractivity contribution in [3.05, 3.63) is 24.1 Å². The zero-order valence-electron chi connectivity index (χ0n) is 11.8. The van der Waals surface area contributed by atoms with Gasteiger partial charge in [0.05, 0.1) is 25.9 Å². The van der Waals surface area contributed by atoms with E-state index in [2.05, 4.69) is 16.2 Å². The molecule has 0 radical (unpaired) electrons. The van der Waals surface area contributed by atoms with Crippen molar-refractivity contribution in [1.29, 1.82) is 5.26 Å². The van der Waals surface area contributed by atoms with Crippen LogP contribution in [0.3, 0.4) is 0 Å². The molecular weight excluding hydrogens is 258 g/mol. The molecule has 0 atom stereocenters. The van der Waals surface area contributed by atoms with E-state index >= 15 is 0 Å². The maximum atomic E-state index is 9.08. The van der Waals surface area contributed by atoms with Gasteiger partial charge < -0.3 is 14.0 Å². The Bertz CT molecular complexity index is 656. The highest BCUT2D eigenvalue weighted by Gasteiger charge is 2.28. The van der Waals surface area contributed by atoms with E-state index in [0.29, 0.717) is 22.9 Å². The van der Waals surface area contributed by atoms with Gasteiger partial charge in [0.1, 0.15) is 16.9 Å². The fourth-order valence-corrected chi connectivity index (χ4v) is 1.62. The van der Waals surface area contributed by atoms with Crippen molar-refractivity contribution in [2.75, 3.05) is 14.2 Å². The maximum Gasteiger partial charge on any atom is 0.246 e. The molecule has 0 saturated heterocycles. The molecule has 0 fully saturated rings. The summed E-state index contributed by atoms with van der Waals surface area (Å²) in [4.78, 5) is 4.27. The minimum atomic E-state index is -0.828. The van der Waals surface area contributed by atoms with Gasteiger partial charge in [-0.25, -0.2) is 0 Å². The van der Waals surface area contributed by atoms with Gasteiger partial charge in [-0.3, -0.25) is 0 Å². The summed E-state index contributed by atoms with van der Waals surface area (Å²) in [7, 11) is 3.13. The normalized spacial score (nSPS) is 10.9. The number of aromatic nitrogens is 2. The fourth-order valence-electron chi connectivity index (χ4n) is 1.62. The smallest absolute Gasteiger partial charge is 0.246 e. The summed E-state index contributed by atoms with van der Waals surface area (Å²) in [5.41, 5.74) is -0.151. The third kappa shape index (κ3) is 2.43. The van der Waals surface area contributed by atoms with Gasteiger partial charge in [0.2, 0.25) is 11.7 Å². The van der Waals surface area contributed by atoms with Crippen molar-refractivity contribution in [2.45, 2.75) is 19.3 Å². The number of rotatable bonds is 4. The largest absolute Gasteiger partial charge is 0.497 e. The van der Waals surface area contributed by atoms with Gasteiger partial charge in [-0.15, -0.1) is 0 Å². The molecule has 0 bridgehead atoms. The number of hydrogen-bond donors (Lipinski definition) is 0. The van der Waals surface area contributed by atoms with Gasteiger partial charge >= 0.3 is 0 Å². The molecule has 0 unspecified atom stereocenters. The van der Waals surface area contributed by atoms with Crippen LogP contribution < -0.4 is 9.47 Å². The van der Waals surface area contributed by atoms with E-state index in [0.717, 1.165) is 0 Å². The molecule has 0 N–H and O–H groups in total. The molecule has 20 heavy (non-hydrogen) atoms. The Morgan fingerprint density at radius 2 is 2.00 bits per heavy atom. The zero-order valence-corrected chi connectivity index (χ0v) is 11.8. The fraction of sp³-hybridized carbons (Fsp3) is 0.357. The zero-order chi connectivity index (χ0) is 14.8. The van der Waals surface area contributed by atoms with Crippen molar-refractivity contribution in [3.8, 4) is 29.0 Å². The molecule has 104 valence electrons. The van der Waals surface area contributed by atoms with Crippen LogP contribution >= 0.6 is 0 Å². The second-order valence-corrected chi connectivity index (χ2v) is 4.73. The minimum absolute atomic E-state index is 0.271. The lowest BCUT2D eigenvalue weighted by molar-refractivity contribution is 0.340. The number of methoxy groups -OCH3 is 2. The lowest BCUT2D eigenvalue weighted by Crippen LogP contribution is -2.14. The Balaban J connectivity index is 2.45. The molecule has 1 aromatic heterocycles. The van der Waals surface area contributed by atoms with Crippen LogP contribution in [0.4, 0.5) is 0 Å². The first kappa shape index (κ1) is 13.9. The van der Waals surface area contributed by atoms with Crippen molar-refractivity contribution >= 4 is 0 Å². The van der Waals surface area contributed by atoms with Crippen molar-refractivity contribution in [1.82, 2.24) is 10.1 Å². The van der Waals surface area contributed by atoms with E-state index < -0.39 is 5.41 Å². The van der Waals surface area contributed by atoms with Gasteiger partial charge in [0.15, 0.2) is 0 Å². The lowest BCUT2D eigenvalue weighted by atomic mass is 9.96. The van der Waals surface area contributed by atoms with Crippen LogP contribution in [-0.2, 0) is 5.41 Å². The first-order valence-corrected chi connectivity index (χ1v) is 5.99. The van der Waals surface area contributed by atoms with Crippen LogP contribution in [0.25, 0.3) is 11.4 Å². The van der Waals surface area contributed by atoms with E-state index in [1.165, 1.54) is 0 Å². The Labute approximate surface area is 116 Å². The minimum Gasteiger partial charge on any atom is -0.497 e. The van der Waals surface area contributed by atoms with Crippen LogP contribution in [-0.4, -0.2) is 24.4 Å². The summed E-state index contributed by atoms with van der Waals surface area (Å²) >= 11 is 0. The van der Waals surface area contributed by atoms with Gasteiger partial charge in [0, 0.05) is 6.07 Å². The predicted molar refractivity (Wildman–Crippen MR) is 71.5 cm³/mol. The highest BCUT2D eigenvalue weighted by atomic mass is 16.5. The molecule has 0 aliphatic heterocycles. The number of hydrogen-bond acceptors (Lipinski definition) is 6. The molecule has 0 amide bonds. The van der Waals surface area contributed by atoms with Gasteiger partial charge in [-0.05, 0) is 26.0 Å². The molecule has 6 nitrogen and oxygen atoms in total. The predicted octanol–water partition coefficient (Wildman–Crippen LogP) is 2.55. The average Bonchev–Trinajstić information content (AvgIpc) is 2.96. The molecule has 0 aliphatic rings. The Morgan fingerprint density at radius 1 is 1.25 bits per heavy atom. The summed E-state index contributed by atoms with van der Waals surface area (Å²) in [6, 6.07) is 7.42. The summed E-state index contributed by atoms with van der Waals surface area (Å²) in [6.45, 7) is 3.44. The summed E-state index contributed by atoms with van der Waals surface area (Å²) in [6.07, 6.45) is 0. The number of nitriles is 1. The first-order valence-electron chi connectivity index (χ1n) is 5.99. The Morgan fingerprint density at radius 3 is 2.60 bits per heavy atom. The standard InChI is InChI=1S/C14H15N3O3/c1-14(2,8-15)13-16-12(17-20-13)10-6-5-9(18-3)7-11(10)19-4/h5-7H,1-4H3. The molecule has 6 heteroatoms. The SMILES string of the molecule is COc1ccc(-c2noc(C(C)(C)C#N)n2)c(OC)c1. The monoisotopic (exact) mass is 273 g/mol. The topological polar surface area (TPSA) is 81.2 Å². The van der Waals surface area contributed by atoms with E-state index in [9.17, 15) is 0 Å². The van der Waals surface area contributed by atoms with Crippen LogP contribution in [0.15, 0.2) is 22.7 Å². The molecule has 0 aliphatic carbocycles. The molecule has 1 aromatic carbocycles. The Kier molecular flexibility index (Phi) is 3.61. The van der Waals surface area contributed by atoms with Crippen LogP contribution in [0, 0.1) is 11.3 Å². The summed E-state index contributed by atoms with van der Waals surface area (Å²) in [5.74, 6) is 1.90. The van der Waals surface area contributed by atoms with E-state index in [1.807, 2.05) is 0 Å². The average molecular weight is 273 g/mol. The van der Waals surface area contributed by atoms with Crippen LogP contribution in [0.5, 0.6) is 11.5 Å². The van der Waals surface area contributed by atoms with Gasteiger partial charge in [0.25, 0.3) is 0 Å². The molecule has 0 saturated carbocycles. The summed E-state index contributed by atoms with van der Waals surface area (Å²) < 4.78 is 15.6. The second kappa shape index (κ2) is 5.21. The van der Waals surface area contributed by atoms with E-state index in [1.54, 1.807) is 46.3 Å². The van der Waals surface area contributed by atoms with Gasteiger partial charge in [-0.1, -0.05) is 5.16 Å². The van der Waals surface area contributed by atoms with Crippen LogP contribution in [0.1, 0.15) is 19.7 Å². The summed E-state index contributed by atoms with van der Waals surface area (Å²) in [5, 5.41) is 13.0. The number of ether oxygens (including phenoxy) is 2. The van der Waals surface area contributed by atoms with Gasteiger partial charge in [-0.2, -0.15) is 10.2 Å². The quantitative estimate of drug-likeness (QED) is 0.851. The Hall–Kier alpha value is -2.55. The lowest BCUT2D eigenvalue weighted by Gasteiger charge is -2.08. The van der Waals surface area contributed by atoms with E-state index in [4.69, 9.17) is 19.3 Å². The van der Waals surface area contributed by atoms with Crippen LogP contribution in [0.2, 0.25) is 0 Å². The van der Waals surface area contributed by atoms with Crippen molar-refractivity contribution < 1.29 is 14.0 Å². The number of benzene rings is 1. The third-order valence-corrected chi connectivity index (χ3v) is 2.89. The molecule has 2 aromatic rings. The van der Waals surface area contributed by atoms with Crippen molar-refractivity contribution in [2.24, 2.45) is 0 Å². The molecule has 2 rings (SSSR count). The first-order chi connectivity index (χ1) is 9.51. The van der Waals surface area contributed by atoms with E-state index in [-0.39, 0.29) is 5.89 Å². The number of nitrogens with zero attached hydrogens (tertiary/aromatic N) is 3. The highest BCUT2D eigenvalue weighted by Crippen LogP contribution is 2.32. The second-order valence-electron chi connectivity index (χ2n) is 4.73. The molecular formula is C14H15N3O3.